The van der Waals surface area contributed by atoms with E-state index >= 15 is 0 Å². The molecule has 1 N–H and O–H groups in total. The van der Waals surface area contributed by atoms with Gasteiger partial charge in [0, 0.05) is 39.7 Å². The molecule has 6 nitrogen and oxygen atoms in total. The smallest absolute Gasteiger partial charge is 0.319 e. The van der Waals surface area contributed by atoms with E-state index in [0.29, 0.717) is 13.1 Å². The SMILES string of the molecule is CN(CC1CCCO1)C(=O)N1CCCC(CC(=O)O)C1. The molecule has 0 bridgehead atoms. The van der Waals surface area contributed by atoms with Crippen molar-refractivity contribution in [2.45, 2.75) is 38.2 Å². The zero-order chi connectivity index (χ0) is 14.5. The Morgan fingerprint density at radius 1 is 1.35 bits per heavy atom. The summed E-state index contributed by atoms with van der Waals surface area (Å²) in [5.41, 5.74) is 0. The van der Waals surface area contributed by atoms with E-state index in [-0.39, 0.29) is 24.5 Å². The summed E-state index contributed by atoms with van der Waals surface area (Å²) in [5, 5.41) is 8.86. The molecular weight excluding hydrogens is 260 g/mol. The molecule has 2 amide bonds. The largest absolute Gasteiger partial charge is 0.481 e. The van der Waals surface area contributed by atoms with Crippen LogP contribution in [0.15, 0.2) is 0 Å². The third-order valence-electron chi connectivity index (χ3n) is 4.08. The lowest BCUT2D eigenvalue weighted by atomic mass is 9.95. The van der Waals surface area contributed by atoms with E-state index in [1.807, 2.05) is 0 Å². The molecule has 2 aliphatic rings. The number of piperidine rings is 1. The predicted octanol–water partition coefficient (Wildman–Crippen LogP) is 1.40. The number of carbonyl (C=O) groups excluding carboxylic acids is 1. The second kappa shape index (κ2) is 6.92. The van der Waals surface area contributed by atoms with Crippen molar-refractivity contribution in [1.82, 2.24) is 9.80 Å². The van der Waals surface area contributed by atoms with Gasteiger partial charge in [0.1, 0.15) is 0 Å². The number of amides is 2. The second-order valence-electron chi connectivity index (χ2n) is 5.85. The summed E-state index contributed by atoms with van der Waals surface area (Å²) in [7, 11) is 1.80. The summed E-state index contributed by atoms with van der Waals surface area (Å²) in [6, 6.07) is -0.00408. The lowest BCUT2D eigenvalue weighted by Gasteiger charge is -2.35. The van der Waals surface area contributed by atoms with Gasteiger partial charge in [0.25, 0.3) is 0 Å². The first-order valence-corrected chi connectivity index (χ1v) is 7.39. The van der Waals surface area contributed by atoms with Gasteiger partial charge < -0.3 is 19.6 Å². The molecule has 0 radical (unpaired) electrons. The average Bonchev–Trinajstić information content (AvgIpc) is 2.90. The Kier molecular flexibility index (Phi) is 5.23. The molecule has 2 aliphatic heterocycles. The lowest BCUT2D eigenvalue weighted by Crippen LogP contribution is -2.48. The molecule has 0 aromatic carbocycles. The van der Waals surface area contributed by atoms with Gasteiger partial charge in [0.05, 0.1) is 6.10 Å². The maximum Gasteiger partial charge on any atom is 0.319 e. The van der Waals surface area contributed by atoms with Gasteiger partial charge in [0.15, 0.2) is 0 Å². The quantitative estimate of drug-likeness (QED) is 0.847. The van der Waals surface area contributed by atoms with Gasteiger partial charge in [0.2, 0.25) is 0 Å². The van der Waals surface area contributed by atoms with Crippen molar-refractivity contribution in [1.29, 1.82) is 0 Å². The fourth-order valence-electron chi connectivity index (χ4n) is 3.07. The molecule has 2 saturated heterocycles. The van der Waals surface area contributed by atoms with Gasteiger partial charge in [-0.05, 0) is 31.6 Å². The summed E-state index contributed by atoms with van der Waals surface area (Å²) in [6.07, 6.45) is 4.17. The zero-order valence-electron chi connectivity index (χ0n) is 12.1. The molecule has 2 atom stereocenters. The number of aliphatic carboxylic acids is 1. The Bertz CT molecular complexity index is 355. The number of hydrogen-bond acceptors (Lipinski definition) is 3. The predicted molar refractivity (Wildman–Crippen MR) is 73.5 cm³/mol. The number of rotatable bonds is 4. The molecule has 2 rings (SSSR count). The number of likely N-dealkylation sites (N-methyl/N-ethyl adjacent to an activating group) is 1. The lowest BCUT2D eigenvalue weighted by molar-refractivity contribution is -0.138. The molecule has 0 saturated carbocycles. The molecule has 0 aliphatic carbocycles. The van der Waals surface area contributed by atoms with E-state index < -0.39 is 5.97 Å². The van der Waals surface area contributed by atoms with Crippen molar-refractivity contribution in [2.24, 2.45) is 5.92 Å². The van der Waals surface area contributed by atoms with Gasteiger partial charge in [-0.15, -0.1) is 0 Å². The Balaban J connectivity index is 1.82. The van der Waals surface area contributed by atoms with Crippen LogP contribution in [0.25, 0.3) is 0 Å². The van der Waals surface area contributed by atoms with Crippen LogP contribution in [0.5, 0.6) is 0 Å². The highest BCUT2D eigenvalue weighted by Crippen LogP contribution is 2.21. The van der Waals surface area contributed by atoms with E-state index in [0.717, 1.165) is 38.8 Å². The molecule has 2 fully saturated rings. The van der Waals surface area contributed by atoms with Gasteiger partial charge in [-0.2, -0.15) is 0 Å². The Morgan fingerprint density at radius 2 is 2.15 bits per heavy atom. The Morgan fingerprint density at radius 3 is 2.80 bits per heavy atom. The summed E-state index contributed by atoms with van der Waals surface area (Å²) in [6.45, 7) is 2.70. The van der Waals surface area contributed by atoms with Crippen molar-refractivity contribution in [2.75, 3.05) is 33.3 Å². The normalized spacial score (nSPS) is 26.6. The molecule has 6 heteroatoms. The standard InChI is InChI=1S/C14H24N2O4/c1-15(10-12-5-3-7-20-12)14(19)16-6-2-4-11(9-16)8-13(17)18/h11-12H,2-10H2,1H3,(H,17,18). The van der Waals surface area contributed by atoms with Crippen LogP contribution in [-0.4, -0.2) is 66.3 Å². The summed E-state index contributed by atoms with van der Waals surface area (Å²) in [4.78, 5) is 26.6. The molecule has 0 aromatic heterocycles. The van der Waals surface area contributed by atoms with Gasteiger partial charge >= 0.3 is 12.0 Å². The molecule has 114 valence electrons. The number of urea groups is 1. The first-order chi connectivity index (χ1) is 9.56. The van der Waals surface area contributed by atoms with Gasteiger partial charge in [-0.25, -0.2) is 4.79 Å². The summed E-state index contributed by atoms with van der Waals surface area (Å²) in [5.74, 6) is -0.696. The first-order valence-electron chi connectivity index (χ1n) is 7.39. The van der Waals surface area contributed by atoms with E-state index in [1.54, 1.807) is 16.8 Å². The van der Waals surface area contributed by atoms with Crippen LogP contribution in [-0.2, 0) is 9.53 Å². The van der Waals surface area contributed by atoms with Gasteiger partial charge in [-0.1, -0.05) is 0 Å². The number of carboxylic acids is 1. The molecule has 2 heterocycles. The van der Waals surface area contributed by atoms with Crippen LogP contribution >= 0.6 is 0 Å². The van der Waals surface area contributed by atoms with E-state index in [1.165, 1.54) is 0 Å². The fraction of sp³-hybridized carbons (Fsp3) is 0.857. The van der Waals surface area contributed by atoms with E-state index in [4.69, 9.17) is 9.84 Å². The average molecular weight is 284 g/mol. The Labute approximate surface area is 119 Å². The van der Waals surface area contributed by atoms with E-state index in [2.05, 4.69) is 0 Å². The third-order valence-corrected chi connectivity index (χ3v) is 4.08. The first kappa shape index (κ1) is 15.1. The molecule has 0 aromatic rings. The topological polar surface area (TPSA) is 70.1 Å². The molecular formula is C14H24N2O4. The van der Waals surface area contributed by atoms with Crippen molar-refractivity contribution in [3.8, 4) is 0 Å². The fourth-order valence-corrected chi connectivity index (χ4v) is 3.07. The van der Waals surface area contributed by atoms with Crippen LogP contribution in [0.3, 0.4) is 0 Å². The van der Waals surface area contributed by atoms with Crippen LogP contribution in [0.2, 0.25) is 0 Å². The maximum atomic E-state index is 12.4. The molecule has 2 unspecified atom stereocenters. The van der Waals surface area contributed by atoms with Crippen LogP contribution < -0.4 is 0 Å². The minimum Gasteiger partial charge on any atom is -0.481 e. The van der Waals surface area contributed by atoms with Crippen molar-refractivity contribution < 1.29 is 19.4 Å². The zero-order valence-corrected chi connectivity index (χ0v) is 12.1. The van der Waals surface area contributed by atoms with Crippen LogP contribution in [0.1, 0.15) is 32.1 Å². The Hall–Kier alpha value is -1.30. The highest BCUT2D eigenvalue weighted by Gasteiger charge is 2.28. The number of carbonyl (C=O) groups is 2. The highest BCUT2D eigenvalue weighted by atomic mass is 16.5. The van der Waals surface area contributed by atoms with E-state index in [9.17, 15) is 9.59 Å². The monoisotopic (exact) mass is 284 g/mol. The number of likely N-dealkylation sites (tertiary alicyclic amines) is 1. The van der Waals surface area contributed by atoms with Crippen molar-refractivity contribution in [3.63, 3.8) is 0 Å². The summed E-state index contributed by atoms with van der Waals surface area (Å²) < 4.78 is 5.54. The number of hydrogen-bond donors (Lipinski definition) is 1. The van der Waals surface area contributed by atoms with Crippen molar-refractivity contribution >= 4 is 12.0 Å². The van der Waals surface area contributed by atoms with Gasteiger partial charge in [-0.3, -0.25) is 4.79 Å². The van der Waals surface area contributed by atoms with Crippen LogP contribution in [0.4, 0.5) is 4.79 Å². The maximum absolute atomic E-state index is 12.4. The number of ether oxygens (including phenoxy) is 1. The molecule has 0 spiro atoms. The highest BCUT2D eigenvalue weighted by molar-refractivity contribution is 5.74. The van der Waals surface area contributed by atoms with Crippen LogP contribution in [0, 0.1) is 5.92 Å². The minimum atomic E-state index is -0.781. The molecule has 20 heavy (non-hydrogen) atoms. The minimum absolute atomic E-state index is 0.00408. The number of nitrogens with zero attached hydrogens (tertiary/aromatic N) is 2. The van der Waals surface area contributed by atoms with Crippen molar-refractivity contribution in [3.05, 3.63) is 0 Å². The number of carboxylic acid groups (broad SMARTS) is 1. The third kappa shape index (κ3) is 4.10. The summed E-state index contributed by atoms with van der Waals surface area (Å²) >= 11 is 0. The second-order valence-corrected chi connectivity index (χ2v) is 5.85.